The van der Waals surface area contributed by atoms with Crippen molar-refractivity contribution in [2.75, 3.05) is 0 Å². The lowest BCUT2D eigenvalue weighted by Gasteiger charge is -1.90. The first-order valence-electron chi connectivity index (χ1n) is 2.47. The number of halogens is 1. The zero-order chi connectivity index (χ0) is 7.56. The number of aromatic nitrogens is 2. The molecule has 1 rings (SSSR count). The Morgan fingerprint density at radius 1 is 1.50 bits per heavy atom. The molecule has 0 spiro atoms. The largest absolute Gasteiger partial charge is 0.289 e. The maximum Gasteiger partial charge on any atom is 0.289 e. The van der Waals surface area contributed by atoms with Crippen LogP contribution in [0, 0.1) is 0 Å². The topological polar surface area (TPSA) is 42.9 Å². The SMILES string of the molecule is [B]c1cnc(C(=O)Cl)nc1. The highest BCUT2D eigenvalue weighted by molar-refractivity contribution is 6.67. The Labute approximate surface area is 63.9 Å². The van der Waals surface area contributed by atoms with Crippen LogP contribution in [0.1, 0.15) is 10.6 Å². The van der Waals surface area contributed by atoms with Crippen molar-refractivity contribution in [2.45, 2.75) is 0 Å². The molecule has 0 aromatic carbocycles. The van der Waals surface area contributed by atoms with Crippen molar-refractivity contribution in [1.82, 2.24) is 9.97 Å². The van der Waals surface area contributed by atoms with Gasteiger partial charge in [-0.25, -0.2) is 9.97 Å². The number of nitrogens with zero attached hydrogens (tertiary/aromatic N) is 2. The monoisotopic (exact) mass is 152 g/mol. The molecular formula is C5H2BClN2O. The maximum absolute atomic E-state index is 10.4. The summed E-state index contributed by atoms with van der Waals surface area (Å²) in [5, 5.41) is -0.681. The third kappa shape index (κ3) is 1.54. The van der Waals surface area contributed by atoms with Gasteiger partial charge in [0.15, 0.2) is 0 Å². The van der Waals surface area contributed by atoms with Crippen LogP contribution >= 0.6 is 11.6 Å². The molecule has 0 N–H and O–H groups in total. The Morgan fingerprint density at radius 2 is 2.00 bits per heavy atom. The molecule has 1 aromatic rings. The van der Waals surface area contributed by atoms with Crippen molar-refractivity contribution >= 4 is 30.2 Å². The third-order valence-electron chi connectivity index (χ3n) is 0.848. The van der Waals surface area contributed by atoms with Crippen LogP contribution in [0.4, 0.5) is 0 Å². The van der Waals surface area contributed by atoms with Crippen LogP contribution in [0.25, 0.3) is 0 Å². The lowest BCUT2D eigenvalue weighted by atomic mass is 10.0. The molecule has 0 atom stereocenters. The molecule has 2 radical (unpaired) electrons. The fraction of sp³-hybridized carbons (Fsp3) is 0. The van der Waals surface area contributed by atoms with E-state index in [1.807, 2.05) is 0 Å². The summed E-state index contributed by atoms with van der Waals surface area (Å²) in [5.74, 6) is -0.0316. The van der Waals surface area contributed by atoms with E-state index < -0.39 is 5.24 Å². The first-order chi connectivity index (χ1) is 4.70. The molecule has 0 unspecified atom stereocenters. The summed E-state index contributed by atoms with van der Waals surface area (Å²) in [7, 11) is 5.25. The molecule has 48 valence electrons. The molecule has 5 heteroatoms. The van der Waals surface area contributed by atoms with Gasteiger partial charge in [0, 0.05) is 12.4 Å². The fourth-order valence-electron chi connectivity index (χ4n) is 0.440. The second kappa shape index (κ2) is 2.79. The number of rotatable bonds is 1. The average Bonchev–Trinajstić information content (AvgIpc) is 1.88. The smallest absolute Gasteiger partial charge is 0.272 e. The van der Waals surface area contributed by atoms with E-state index in [9.17, 15) is 4.79 Å². The Bertz CT molecular complexity index is 248. The van der Waals surface area contributed by atoms with Gasteiger partial charge in [0.25, 0.3) is 5.24 Å². The minimum atomic E-state index is -0.681. The van der Waals surface area contributed by atoms with Crippen LogP contribution in [-0.2, 0) is 0 Å². The van der Waals surface area contributed by atoms with Gasteiger partial charge in [-0.05, 0) is 11.6 Å². The summed E-state index contributed by atoms with van der Waals surface area (Å²) in [5.41, 5.74) is 0.404. The fourth-order valence-corrected chi connectivity index (χ4v) is 0.537. The normalized spacial score (nSPS) is 9.30. The van der Waals surface area contributed by atoms with E-state index in [2.05, 4.69) is 9.97 Å². The molecule has 0 aliphatic carbocycles. The molecule has 0 saturated carbocycles. The van der Waals surface area contributed by atoms with Crippen molar-refractivity contribution in [3.8, 4) is 0 Å². The second-order valence-corrected chi connectivity index (χ2v) is 1.96. The van der Waals surface area contributed by atoms with Gasteiger partial charge in [0.2, 0.25) is 5.82 Å². The Balaban J connectivity index is 3.00. The Morgan fingerprint density at radius 3 is 2.40 bits per heavy atom. The summed E-state index contributed by atoms with van der Waals surface area (Å²) in [4.78, 5) is 17.5. The Kier molecular flexibility index (Phi) is 2.01. The molecule has 1 heterocycles. The highest BCUT2D eigenvalue weighted by Gasteiger charge is 2.01. The molecule has 0 saturated heterocycles. The van der Waals surface area contributed by atoms with Gasteiger partial charge in [0.1, 0.15) is 7.85 Å². The molecule has 0 amide bonds. The van der Waals surface area contributed by atoms with E-state index in [0.29, 0.717) is 5.46 Å². The van der Waals surface area contributed by atoms with Crippen molar-refractivity contribution in [1.29, 1.82) is 0 Å². The Hall–Kier alpha value is -0.895. The minimum Gasteiger partial charge on any atom is -0.272 e. The number of carbonyl (C=O) groups is 1. The zero-order valence-corrected chi connectivity index (χ0v) is 5.67. The van der Waals surface area contributed by atoms with Crippen molar-refractivity contribution < 1.29 is 4.79 Å². The predicted octanol–water partition coefficient (Wildman–Crippen LogP) is -0.351. The first-order valence-corrected chi connectivity index (χ1v) is 2.85. The molecule has 10 heavy (non-hydrogen) atoms. The van der Waals surface area contributed by atoms with E-state index in [0.717, 1.165) is 0 Å². The van der Waals surface area contributed by atoms with E-state index in [1.165, 1.54) is 12.4 Å². The van der Waals surface area contributed by atoms with Crippen LogP contribution in [0.15, 0.2) is 12.4 Å². The molecule has 1 aromatic heterocycles. The molecular weight excluding hydrogens is 150 g/mol. The summed E-state index contributed by atoms with van der Waals surface area (Å²) < 4.78 is 0. The standard InChI is InChI=1S/C5H2BClN2O/c6-3-1-8-5(4(7)10)9-2-3/h1-2H. The van der Waals surface area contributed by atoms with Crippen LogP contribution in [0.3, 0.4) is 0 Å². The zero-order valence-electron chi connectivity index (χ0n) is 4.91. The second-order valence-electron chi connectivity index (χ2n) is 1.61. The van der Waals surface area contributed by atoms with Crippen LogP contribution in [-0.4, -0.2) is 23.1 Å². The van der Waals surface area contributed by atoms with Crippen molar-refractivity contribution in [3.63, 3.8) is 0 Å². The van der Waals surface area contributed by atoms with Gasteiger partial charge >= 0.3 is 0 Å². The summed E-state index contributed by atoms with van der Waals surface area (Å²) >= 11 is 5.05. The highest BCUT2D eigenvalue weighted by atomic mass is 35.5. The van der Waals surface area contributed by atoms with Gasteiger partial charge in [-0.3, -0.25) is 4.79 Å². The van der Waals surface area contributed by atoms with Crippen LogP contribution in [0.5, 0.6) is 0 Å². The average molecular weight is 152 g/mol. The molecule has 0 fully saturated rings. The van der Waals surface area contributed by atoms with Gasteiger partial charge in [0.05, 0.1) is 0 Å². The van der Waals surface area contributed by atoms with E-state index in [-0.39, 0.29) is 5.82 Å². The van der Waals surface area contributed by atoms with E-state index >= 15 is 0 Å². The third-order valence-corrected chi connectivity index (χ3v) is 1.02. The molecule has 0 aliphatic rings. The highest BCUT2D eigenvalue weighted by Crippen LogP contribution is 1.90. The van der Waals surface area contributed by atoms with Gasteiger partial charge < -0.3 is 0 Å². The summed E-state index contributed by atoms with van der Waals surface area (Å²) in [6.45, 7) is 0. The molecule has 0 bridgehead atoms. The van der Waals surface area contributed by atoms with E-state index in [4.69, 9.17) is 19.4 Å². The lowest BCUT2D eigenvalue weighted by Crippen LogP contribution is -2.08. The van der Waals surface area contributed by atoms with Crippen molar-refractivity contribution in [2.24, 2.45) is 0 Å². The summed E-state index contributed by atoms with van der Waals surface area (Å²) in [6, 6.07) is 0. The number of carbonyl (C=O) groups excluding carboxylic acids is 1. The van der Waals surface area contributed by atoms with Gasteiger partial charge in [-0.2, -0.15) is 0 Å². The molecule has 0 aliphatic heterocycles. The van der Waals surface area contributed by atoms with Crippen LogP contribution < -0.4 is 5.46 Å². The van der Waals surface area contributed by atoms with Crippen LogP contribution in [0.2, 0.25) is 0 Å². The lowest BCUT2D eigenvalue weighted by molar-refractivity contribution is 0.107. The quantitative estimate of drug-likeness (QED) is 0.408. The summed E-state index contributed by atoms with van der Waals surface area (Å²) in [6.07, 6.45) is 2.64. The predicted molar refractivity (Wildman–Crippen MR) is 37.6 cm³/mol. The maximum atomic E-state index is 10.4. The first kappa shape index (κ1) is 7.21. The molecule has 3 nitrogen and oxygen atoms in total. The number of hydrogen-bond acceptors (Lipinski definition) is 3. The van der Waals surface area contributed by atoms with Gasteiger partial charge in [-0.15, -0.1) is 0 Å². The van der Waals surface area contributed by atoms with Crippen molar-refractivity contribution in [3.05, 3.63) is 18.2 Å². The minimum absolute atomic E-state index is 0.0316. The number of hydrogen-bond donors (Lipinski definition) is 0. The van der Waals surface area contributed by atoms with E-state index in [1.54, 1.807) is 0 Å². The van der Waals surface area contributed by atoms with Gasteiger partial charge in [-0.1, -0.05) is 5.46 Å².